The summed E-state index contributed by atoms with van der Waals surface area (Å²) in [5, 5.41) is 4.15. The molecule has 3 aromatic rings. The molecule has 0 saturated carbocycles. The van der Waals surface area contributed by atoms with Crippen LogP contribution in [0, 0.1) is 3.57 Å². The zero-order chi connectivity index (χ0) is 23.0. The van der Waals surface area contributed by atoms with Gasteiger partial charge in [-0.15, -0.1) is 0 Å². The zero-order valence-electron chi connectivity index (χ0n) is 17.6. The Balaban J connectivity index is 1.73. The maximum absolute atomic E-state index is 13.3. The van der Waals surface area contributed by atoms with Crippen molar-refractivity contribution < 1.29 is 13.2 Å². The van der Waals surface area contributed by atoms with Crippen LogP contribution in [0.2, 0.25) is 0 Å². The second-order valence-corrected chi connectivity index (χ2v) is 10.3. The highest BCUT2D eigenvalue weighted by Crippen LogP contribution is 2.24. The van der Waals surface area contributed by atoms with Gasteiger partial charge >= 0.3 is 0 Å². The molecule has 0 aromatic heterocycles. The molecular formula is C24H24IN3O3S. The number of hydrogen-bond donors (Lipinski definition) is 1. The molecule has 1 amide bonds. The number of anilines is 1. The number of hydrogen-bond acceptors (Lipinski definition) is 4. The van der Waals surface area contributed by atoms with E-state index >= 15 is 0 Å². The van der Waals surface area contributed by atoms with Crippen molar-refractivity contribution in [2.75, 3.05) is 10.8 Å². The Labute approximate surface area is 202 Å². The third-order valence-corrected chi connectivity index (χ3v) is 7.23. The molecule has 0 aliphatic heterocycles. The smallest absolute Gasteiger partial charge is 0.264 e. The van der Waals surface area contributed by atoms with Crippen LogP contribution in [0.4, 0.5) is 5.69 Å². The first-order chi connectivity index (χ1) is 15.4. The van der Waals surface area contributed by atoms with E-state index < -0.39 is 15.9 Å². The number of rotatable bonds is 9. The van der Waals surface area contributed by atoms with E-state index in [9.17, 15) is 13.2 Å². The van der Waals surface area contributed by atoms with Crippen LogP contribution in [0.1, 0.15) is 18.9 Å². The SMILES string of the molecule is C/C(CCc1ccccc1)=N/NC(=O)CN(c1ccc(I)cc1)S(=O)(=O)c1ccccc1. The van der Waals surface area contributed by atoms with Crippen LogP contribution in [0.5, 0.6) is 0 Å². The lowest BCUT2D eigenvalue weighted by Crippen LogP contribution is -2.39. The first-order valence-corrected chi connectivity index (χ1v) is 12.6. The van der Waals surface area contributed by atoms with Crippen molar-refractivity contribution in [2.45, 2.75) is 24.7 Å². The minimum absolute atomic E-state index is 0.119. The molecule has 0 fully saturated rings. The molecular weight excluding hydrogens is 537 g/mol. The Morgan fingerprint density at radius 2 is 1.53 bits per heavy atom. The molecule has 32 heavy (non-hydrogen) atoms. The maximum Gasteiger partial charge on any atom is 0.264 e. The fourth-order valence-electron chi connectivity index (χ4n) is 2.99. The number of halogens is 1. The number of nitrogens with zero attached hydrogens (tertiary/aromatic N) is 2. The van der Waals surface area contributed by atoms with Gasteiger partial charge in [0.25, 0.3) is 15.9 Å². The Morgan fingerprint density at radius 3 is 2.16 bits per heavy atom. The molecule has 0 bridgehead atoms. The van der Waals surface area contributed by atoms with E-state index in [1.54, 1.807) is 42.5 Å². The average molecular weight is 561 g/mol. The molecule has 0 atom stereocenters. The van der Waals surface area contributed by atoms with Gasteiger partial charge in [-0.2, -0.15) is 5.10 Å². The third-order valence-electron chi connectivity index (χ3n) is 4.72. The molecule has 0 spiro atoms. The van der Waals surface area contributed by atoms with Crippen LogP contribution in [-0.4, -0.2) is 26.6 Å². The summed E-state index contributed by atoms with van der Waals surface area (Å²) >= 11 is 2.15. The minimum Gasteiger partial charge on any atom is -0.271 e. The van der Waals surface area contributed by atoms with E-state index in [-0.39, 0.29) is 11.4 Å². The van der Waals surface area contributed by atoms with Crippen LogP contribution >= 0.6 is 22.6 Å². The van der Waals surface area contributed by atoms with Crippen molar-refractivity contribution in [3.05, 3.63) is 94.1 Å². The van der Waals surface area contributed by atoms with Gasteiger partial charge in [-0.05, 0) is 84.3 Å². The van der Waals surface area contributed by atoms with E-state index in [4.69, 9.17) is 0 Å². The fourth-order valence-corrected chi connectivity index (χ4v) is 4.79. The van der Waals surface area contributed by atoms with Gasteiger partial charge in [-0.25, -0.2) is 13.8 Å². The highest BCUT2D eigenvalue weighted by Gasteiger charge is 2.27. The fraction of sp³-hybridized carbons (Fsp3) is 0.167. The zero-order valence-corrected chi connectivity index (χ0v) is 20.6. The molecule has 0 unspecified atom stereocenters. The van der Waals surface area contributed by atoms with E-state index in [2.05, 4.69) is 33.1 Å². The number of aryl methyl sites for hydroxylation is 1. The lowest BCUT2D eigenvalue weighted by molar-refractivity contribution is -0.119. The summed E-state index contributed by atoms with van der Waals surface area (Å²) < 4.78 is 28.6. The van der Waals surface area contributed by atoms with Crippen molar-refractivity contribution >= 4 is 49.9 Å². The van der Waals surface area contributed by atoms with Gasteiger partial charge in [0.05, 0.1) is 10.6 Å². The van der Waals surface area contributed by atoms with Gasteiger partial charge in [0.2, 0.25) is 0 Å². The van der Waals surface area contributed by atoms with Gasteiger partial charge in [0, 0.05) is 9.28 Å². The lowest BCUT2D eigenvalue weighted by atomic mass is 10.1. The Hall–Kier alpha value is -2.72. The van der Waals surface area contributed by atoms with Crippen LogP contribution in [0.3, 0.4) is 0 Å². The quantitative estimate of drug-likeness (QED) is 0.236. The minimum atomic E-state index is -3.93. The number of amides is 1. The Morgan fingerprint density at radius 1 is 0.938 bits per heavy atom. The van der Waals surface area contributed by atoms with Crippen molar-refractivity contribution in [1.82, 2.24) is 5.43 Å². The van der Waals surface area contributed by atoms with Crippen LogP contribution < -0.4 is 9.73 Å². The molecule has 8 heteroatoms. The van der Waals surface area contributed by atoms with Gasteiger partial charge in [-0.3, -0.25) is 9.10 Å². The Kier molecular flexibility index (Phi) is 8.40. The van der Waals surface area contributed by atoms with Gasteiger partial charge < -0.3 is 0 Å². The van der Waals surface area contributed by atoms with E-state index in [1.807, 2.05) is 37.3 Å². The molecule has 1 N–H and O–H groups in total. The second kappa shape index (κ2) is 11.2. The van der Waals surface area contributed by atoms with E-state index in [0.717, 1.165) is 20.0 Å². The van der Waals surface area contributed by atoms with Crippen molar-refractivity contribution in [2.24, 2.45) is 5.10 Å². The number of sulfonamides is 1. The molecule has 0 saturated heterocycles. The van der Waals surface area contributed by atoms with Gasteiger partial charge in [-0.1, -0.05) is 48.5 Å². The monoisotopic (exact) mass is 561 g/mol. The number of carbonyl (C=O) groups excluding carboxylic acids is 1. The number of benzene rings is 3. The predicted molar refractivity (Wildman–Crippen MR) is 136 cm³/mol. The van der Waals surface area contributed by atoms with Gasteiger partial charge in [0.1, 0.15) is 6.54 Å². The summed E-state index contributed by atoms with van der Waals surface area (Å²) in [6.45, 7) is 1.45. The van der Waals surface area contributed by atoms with E-state index in [1.165, 1.54) is 17.7 Å². The summed E-state index contributed by atoms with van der Waals surface area (Å²) in [6.07, 6.45) is 1.50. The van der Waals surface area contributed by atoms with Crippen molar-refractivity contribution in [3.63, 3.8) is 0 Å². The second-order valence-electron chi connectivity index (χ2n) is 7.17. The third kappa shape index (κ3) is 6.64. The maximum atomic E-state index is 13.3. The molecule has 3 rings (SSSR count). The standard InChI is InChI=1S/C24H24IN3O3S/c1-19(12-13-20-8-4-2-5-9-20)26-27-24(29)18-28(22-16-14-21(25)15-17-22)32(30,31)23-10-6-3-7-11-23/h2-11,14-17H,12-13,18H2,1H3,(H,27,29)/b26-19-. The Bertz CT molecular complexity index is 1170. The van der Waals surface area contributed by atoms with Crippen molar-refractivity contribution in [1.29, 1.82) is 0 Å². The van der Waals surface area contributed by atoms with Crippen LogP contribution in [0.15, 0.2) is 94.9 Å². The summed E-state index contributed by atoms with van der Waals surface area (Å²) in [5.74, 6) is -0.512. The molecule has 3 aromatic carbocycles. The van der Waals surface area contributed by atoms with Crippen molar-refractivity contribution in [3.8, 4) is 0 Å². The summed E-state index contributed by atoms with van der Waals surface area (Å²) in [6, 6.07) is 25.1. The van der Waals surface area contributed by atoms with Crippen LogP contribution in [-0.2, 0) is 21.2 Å². The lowest BCUT2D eigenvalue weighted by Gasteiger charge is -2.23. The largest absolute Gasteiger partial charge is 0.271 e. The topological polar surface area (TPSA) is 78.8 Å². The summed E-state index contributed by atoms with van der Waals surface area (Å²) in [4.78, 5) is 12.7. The molecule has 6 nitrogen and oxygen atoms in total. The average Bonchev–Trinajstić information content (AvgIpc) is 2.81. The molecule has 0 aliphatic rings. The highest BCUT2D eigenvalue weighted by molar-refractivity contribution is 14.1. The molecule has 0 heterocycles. The number of hydrazone groups is 1. The first-order valence-electron chi connectivity index (χ1n) is 10.1. The van der Waals surface area contributed by atoms with E-state index in [0.29, 0.717) is 12.1 Å². The predicted octanol–water partition coefficient (Wildman–Crippen LogP) is 4.61. The van der Waals surface area contributed by atoms with Crippen LogP contribution in [0.25, 0.3) is 0 Å². The first kappa shape index (κ1) is 23.9. The summed E-state index contributed by atoms with van der Waals surface area (Å²) in [7, 11) is -3.93. The molecule has 0 radical (unpaired) electrons. The highest BCUT2D eigenvalue weighted by atomic mass is 127. The summed E-state index contributed by atoms with van der Waals surface area (Å²) in [5.41, 5.74) is 4.85. The molecule has 166 valence electrons. The van der Waals surface area contributed by atoms with Gasteiger partial charge in [0.15, 0.2) is 0 Å². The molecule has 0 aliphatic carbocycles. The normalized spacial score (nSPS) is 11.8. The number of nitrogens with one attached hydrogen (secondary N) is 1. The number of carbonyl (C=O) groups is 1.